The van der Waals surface area contributed by atoms with Crippen LogP contribution in [0.3, 0.4) is 0 Å². The summed E-state index contributed by atoms with van der Waals surface area (Å²) in [6, 6.07) is 15.0. The fourth-order valence-electron chi connectivity index (χ4n) is 2.15. The maximum atomic E-state index is 9.10. The van der Waals surface area contributed by atoms with Crippen LogP contribution < -0.4 is 0 Å². The lowest BCUT2D eigenvalue weighted by atomic mass is 9.97. The topological polar surface area (TPSA) is 103 Å². The largest absolute Gasteiger partial charge is 0.473 e. The lowest BCUT2D eigenvalue weighted by Crippen LogP contribution is -2.09. The number of H-pyrrole nitrogens is 1. The maximum Gasteiger partial charge on any atom is 0.414 e. The van der Waals surface area contributed by atoms with E-state index in [0.717, 1.165) is 5.82 Å². The van der Waals surface area contributed by atoms with Crippen LogP contribution in [0.25, 0.3) is 10.8 Å². The third-order valence-electron chi connectivity index (χ3n) is 3.39. The highest BCUT2D eigenvalue weighted by molar-refractivity contribution is 6.27. The molecule has 118 valence electrons. The van der Waals surface area contributed by atoms with E-state index in [4.69, 9.17) is 19.8 Å². The Morgan fingerprint density at radius 2 is 1.70 bits per heavy atom. The van der Waals surface area contributed by atoms with E-state index in [1.807, 2.05) is 6.20 Å². The van der Waals surface area contributed by atoms with Crippen LogP contribution in [-0.2, 0) is 9.59 Å². The summed E-state index contributed by atoms with van der Waals surface area (Å²) < 4.78 is 0. The summed E-state index contributed by atoms with van der Waals surface area (Å²) in [6.07, 6.45) is 3.67. The highest BCUT2D eigenvalue weighted by atomic mass is 16.4. The lowest BCUT2D eigenvalue weighted by molar-refractivity contribution is -0.159. The fourth-order valence-corrected chi connectivity index (χ4v) is 2.15. The third-order valence-corrected chi connectivity index (χ3v) is 3.39. The molecular formula is C17H16N2O4. The minimum Gasteiger partial charge on any atom is -0.473 e. The van der Waals surface area contributed by atoms with Crippen molar-refractivity contribution >= 4 is 22.7 Å². The SMILES string of the molecule is CC(c1ccc2ccccc2c1)c1ncc[nH]1.O=C(O)C(=O)O. The summed E-state index contributed by atoms with van der Waals surface area (Å²) in [4.78, 5) is 25.7. The summed E-state index contributed by atoms with van der Waals surface area (Å²) in [7, 11) is 0. The first-order valence-corrected chi connectivity index (χ1v) is 6.93. The molecule has 0 aliphatic carbocycles. The molecule has 0 saturated carbocycles. The first-order chi connectivity index (χ1) is 11.0. The fraction of sp³-hybridized carbons (Fsp3) is 0.118. The number of nitrogens with zero attached hydrogens (tertiary/aromatic N) is 1. The zero-order valence-electron chi connectivity index (χ0n) is 12.4. The van der Waals surface area contributed by atoms with Crippen molar-refractivity contribution in [1.29, 1.82) is 0 Å². The van der Waals surface area contributed by atoms with Gasteiger partial charge in [0.25, 0.3) is 0 Å². The highest BCUT2D eigenvalue weighted by Crippen LogP contribution is 2.24. The molecule has 0 amide bonds. The Bertz CT molecular complexity index is 800. The quantitative estimate of drug-likeness (QED) is 0.631. The molecule has 0 fully saturated rings. The molecule has 1 heterocycles. The molecule has 1 atom stereocenters. The number of aliphatic carboxylic acids is 2. The van der Waals surface area contributed by atoms with Crippen molar-refractivity contribution in [1.82, 2.24) is 9.97 Å². The van der Waals surface area contributed by atoms with Crippen LogP contribution in [0.1, 0.15) is 24.2 Å². The Hall–Kier alpha value is -3.15. The van der Waals surface area contributed by atoms with Gasteiger partial charge >= 0.3 is 11.9 Å². The van der Waals surface area contributed by atoms with Gasteiger partial charge in [-0.25, -0.2) is 14.6 Å². The summed E-state index contributed by atoms with van der Waals surface area (Å²) in [5.41, 5.74) is 1.29. The summed E-state index contributed by atoms with van der Waals surface area (Å²) in [5, 5.41) is 17.3. The zero-order chi connectivity index (χ0) is 16.8. The number of carboxylic acid groups (broad SMARTS) is 2. The molecule has 3 aromatic rings. The monoisotopic (exact) mass is 312 g/mol. The number of hydrogen-bond donors (Lipinski definition) is 3. The van der Waals surface area contributed by atoms with Crippen molar-refractivity contribution in [3.05, 3.63) is 66.2 Å². The zero-order valence-corrected chi connectivity index (χ0v) is 12.4. The Morgan fingerprint density at radius 1 is 1.04 bits per heavy atom. The first-order valence-electron chi connectivity index (χ1n) is 6.93. The van der Waals surface area contributed by atoms with Gasteiger partial charge in [0, 0.05) is 18.3 Å². The van der Waals surface area contributed by atoms with Crippen LogP contribution in [0.5, 0.6) is 0 Å². The number of rotatable bonds is 2. The number of hydrogen-bond acceptors (Lipinski definition) is 3. The van der Waals surface area contributed by atoms with Crippen molar-refractivity contribution in [3.63, 3.8) is 0 Å². The third kappa shape index (κ3) is 4.16. The molecule has 1 aromatic heterocycles. The molecular weight excluding hydrogens is 296 g/mol. The molecule has 0 bridgehead atoms. The predicted octanol–water partition coefficient (Wildman–Crippen LogP) is 2.87. The van der Waals surface area contributed by atoms with Crippen LogP contribution in [0, 0.1) is 0 Å². The van der Waals surface area contributed by atoms with Gasteiger partial charge in [-0.15, -0.1) is 0 Å². The van der Waals surface area contributed by atoms with Crippen molar-refractivity contribution in [2.24, 2.45) is 0 Å². The van der Waals surface area contributed by atoms with E-state index in [9.17, 15) is 0 Å². The number of carboxylic acids is 2. The van der Waals surface area contributed by atoms with Gasteiger partial charge in [0.15, 0.2) is 0 Å². The minimum atomic E-state index is -1.82. The second-order valence-electron chi connectivity index (χ2n) is 4.91. The van der Waals surface area contributed by atoms with Gasteiger partial charge in [0.2, 0.25) is 0 Å². The average Bonchev–Trinajstić information content (AvgIpc) is 3.08. The molecule has 3 N–H and O–H groups in total. The molecule has 23 heavy (non-hydrogen) atoms. The highest BCUT2D eigenvalue weighted by Gasteiger charge is 2.10. The molecule has 0 saturated heterocycles. The van der Waals surface area contributed by atoms with Gasteiger partial charge in [-0.2, -0.15) is 0 Å². The van der Waals surface area contributed by atoms with Crippen molar-refractivity contribution in [3.8, 4) is 0 Å². The summed E-state index contributed by atoms with van der Waals surface area (Å²) in [6.45, 7) is 2.17. The first kappa shape index (κ1) is 16.2. The molecule has 3 rings (SSSR count). The maximum absolute atomic E-state index is 9.10. The minimum absolute atomic E-state index is 0.301. The number of aromatic nitrogens is 2. The van der Waals surface area contributed by atoms with E-state index in [1.165, 1.54) is 16.3 Å². The molecule has 0 aliphatic heterocycles. The van der Waals surface area contributed by atoms with E-state index >= 15 is 0 Å². The number of carbonyl (C=O) groups is 2. The standard InChI is InChI=1S/C15H14N2.C2H2O4/c1-11(15-16-8-9-17-15)13-7-6-12-4-2-3-5-14(12)10-13;3-1(4)2(5)6/h2-11H,1H3,(H,16,17);(H,3,4)(H,5,6). The molecule has 6 heteroatoms. The molecule has 0 spiro atoms. The average molecular weight is 312 g/mol. The van der Waals surface area contributed by atoms with Crippen LogP contribution in [0.2, 0.25) is 0 Å². The number of nitrogens with one attached hydrogen (secondary N) is 1. The second-order valence-corrected chi connectivity index (χ2v) is 4.91. The normalized spacial score (nSPS) is 11.3. The van der Waals surface area contributed by atoms with E-state index in [0.29, 0.717) is 5.92 Å². The van der Waals surface area contributed by atoms with Crippen LogP contribution in [0.4, 0.5) is 0 Å². The number of imidazole rings is 1. The Morgan fingerprint density at radius 3 is 2.26 bits per heavy atom. The summed E-state index contributed by atoms with van der Waals surface area (Å²) >= 11 is 0. The van der Waals surface area contributed by atoms with Crippen LogP contribution >= 0.6 is 0 Å². The van der Waals surface area contributed by atoms with Crippen LogP contribution in [0.15, 0.2) is 54.9 Å². The number of aromatic amines is 1. The smallest absolute Gasteiger partial charge is 0.414 e. The van der Waals surface area contributed by atoms with Crippen molar-refractivity contribution in [2.45, 2.75) is 12.8 Å². The molecule has 0 radical (unpaired) electrons. The number of benzene rings is 2. The van der Waals surface area contributed by atoms with Gasteiger partial charge in [-0.05, 0) is 16.3 Å². The van der Waals surface area contributed by atoms with Gasteiger partial charge in [0.1, 0.15) is 5.82 Å². The van der Waals surface area contributed by atoms with Crippen molar-refractivity contribution < 1.29 is 19.8 Å². The second kappa shape index (κ2) is 7.22. The Balaban J connectivity index is 0.000000277. The van der Waals surface area contributed by atoms with Gasteiger partial charge in [0.05, 0.1) is 0 Å². The van der Waals surface area contributed by atoms with E-state index in [1.54, 1.807) is 6.20 Å². The Kier molecular flexibility index (Phi) is 5.09. The van der Waals surface area contributed by atoms with Crippen molar-refractivity contribution in [2.75, 3.05) is 0 Å². The van der Waals surface area contributed by atoms with Gasteiger partial charge in [-0.3, -0.25) is 0 Å². The molecule has 2 aromatic carbocycles. The lowest BCUT2D eigenvalue weighted by Gasteiger charge is -2.10. The van der Waals surface area contributed by atoms with E-state index in [2.05, 4.69) is 59.4 Å². The van der Waals surface area contributed by atoms with E-state index < -0.39 is 11.9 Å². The molecule has 6 nitrogen and oxygen atoms in total. The molecule has 0 aliphatic rings. The Labute approximate surface area is 132 Å². The van der Waals surface area contributed by atoms with Gasteiger partial charge in [-0.1, -0.05) is 49.4 Å². The predicted molar refractivity (Wildman–Crippen MR) is 85.3 cm³/mol. The summed E-state index contributed by atoms with van der Waals surface area (Å²) in [5.74, 6) is -2.33. The van der Waals surface area contributed by atoms with Crippen LogP contribution in [-0.4, -0.2) is 32.1 Å². The number of fused-ring (bicyclic) bond motifs is 1. The van der Waals surface area contributed by atoms with Gasteiger partial charge < -0.3 is 15.2 Å². The van der Waals surface area contributed by atoms with E-state index in [-0.39, 0.29) is 0 Å². The molecule has 1 unspecified atom stereocenters.